The van der Waals surface area contributed by atoms with E-state index in [1.54, 1.807) is 0 Å². The van der Waals surface area contributed by atoms with Crippen LogP contribution in [0.1, 0.15) is 23.1 Å². The molecule has 2 atom stereocenters. The molecule has 0 amide bonds. The molecule has 5 heteroatoms. The molecule has 0 unspecified atom stereocenters. The molecule has 0 radical (unpaired) electrons. The minimum atomic E-state index is -1.03. The Bertz CT molecular complexity index is 1010. The molecular weight excluding hydrogens is 428 g/mol. The Morgan fingerprint density at radius 1 is 0.706 bits per heavy atom. The van der Waals surface area contributed by atoms with Gasteiger partial charge >= 0.3 is 11.9 Å². The van der Waals surface area contributed by atoms with Crippen LogP contribution in [-0.2, 0) is 29.4 Å². The van der Waals surface area contributed by atoms with Crippen LogP contribution >= 0.6 is 0 Å². The van der Waals surface area contributed by atoms with Gasteiger partial charge in [0.25, 0.3) is 0 Å². The maximum Gasteiger partial charge on any atom is 0.320 e. The van der Waals surface area contributed by atoms with Crippen LogP contribution in [0, 0.1) is 11.8 Å². The number of hydrogen-bond acceptors (Lipinski definition) is 5. The molecule has 34 heavy (non-hydrogen) atoms. The Hall–Kier alpha value is -3.70. The summed E-state index contributed by atoms with van der Waals surface area (Å²) in [6.07, 6.45) is 3.88. The minimum absolute atomic E-state index is 0.345. The summed E-state index contributed by atoms with van der Waals surface area (Å²) < 4.78 is 16.7. The summed E-state index contributed by atoms with van der Waals surface area (Å²) >= 11 is 0. The topological polar surface area (TPSA) is 61.8 Å². The first-order valence-corrected chi connectivity index (χ1v) is 11.3. The third kappa shape index (κ3) is 4.52. The average molecular weight is 457 g/mol. The Kier molecular flexibility index (Phi) is 7.24. The molecule has 0 N–H and O–H groups in total. The van der Waals surface area contributed by atoms with E-state index in [-0.39, 0.29) is 12.0 Å². The van der Waals surface area contributed by atoms with Crippen molar-refractivity contribution in [2.45, 2.75) is 18.1 Å². The lowest BCUT2D eigenvalue weighted by Gasteiger charge is -2.38. The molecule has 0 heterocycles. The predicted octanol–water partition coefficient (Wildman–Crippen LogP) is 4.90. The molecule has 5 nitrogen and oxygen atoms in total. The molecule has 1 aliphatic rings. The lowest BCUT2D eigenvalue weighted by Crippen LogP contribution is -2.37. The van der Waals surface area contributed by atoms with Crippen LogP contribution in [0.15, 0.2) is 103 Å². The van der Waals surface area contributed by atoms with E-state index < -0.39 is 23.5 Å². The van der Waals surface area contributed by atoms with E-state index in [0.717, 1.165) is 16.7 Å². The van der Waals surface area contributed by atoms with Gasteiger partial charge in [-0.1, -0.05) is 103 Å². The predicted molar refractivity (Wildman–Crippen MR) is 129 cm³/mol. The SMILES string of the molecule is COC(=O)C(C(=O)OC)[C@H]1C=C[C@H](OC(c2ccccc2)(c2ccccc2)c2ccccc2)C1. The highest BCUT2D eigenvalue weighted by Crippen LogP contribution is 2.43. The van der Waals surface area contributed by atoms with Crippen LogP contribution in [-0.4, -0.2) is 32.3 Å². The van der Waals surface area contributed by atoms with Gasteiger partial charge < -0.3 is 14.2 Å². The van der Waals surface area contributed by atoms with Crippen molar-refractivity contribution in [1.82, 2.24) is 0 Å². The third-order valence-electron chi connectivity index (χ3n) is 6.28. The van der Waals surface area contributed by atoms with Crippen LogP contribution in [0.5, 0.6) is 0 Å². The number of rotatable bonds is 8. The summed E-state index contributed by atoms with van der Waals surface area (Å²) in [5.41, 5.74) is 2.07. The zero-order valence-corrected chi connectivity index (χ0v) is 19.3. The smallest absolute Gasteiger partial charge is 0.320 e. The number of carbonyl (C=O) groups excluding carboxylic acids is 2. The number of allylic oxidation sites excluding steroid dienone is 1. The van der Waals surface area contributed by atoms with Crippen molar-refractivity contribution in [2.75, 3.05) is 14.2 Å². The van der Waals surface area contributed by atoms with Gasteiger partial charge in [0.1, 0.15) is 5.60 Å². The number of carbonyl (C=O) groups is 2. The molecule has 0 saturated carbocycles. The Morgan fingerprint density at radius 3 is 1.50 bits per heavy atom. The number of benzene rings is 3. The summed E-state index contributed by atoms with van der Waals surface area (Å²) in [4.78, 5) is 24.7. The molecule has 0 saturated heterocycles. The van der Waals surface area contributed by atoms with Gasteiger partial charge in [-0.25, -0.2) is 0 Å². The van der Waals surface area contributed by atoms with Crippen LogP contribution < -0.4 is 0 Å². The zero-order valence-electron chi connectivity index (χ0n) is 19.3. The highest BCUT2D eigenvalue weighted by atomic mass is 16.5. The molecular formula is C29H28O5. The lowest BCUT2D eigenvalue weighted by molar-refractivity contribution is -0.161. The summed E-state index contributed by atoms with van der Waals surface area (Å²) in [5.74, 6) is -2.63. The molecule has 0 aromatic heterocycles. The van der Waals surface area contributed by atoms with Gasteiger partial charge in [-0.2, -0.15) is 0 Å². The minimum Gasteiger partial charge on any atom is -0.468 e. The van der Waals surface area contributed by atoms with Crippen molar-refractivity contribution in [3.8, 4) is 0 Å². The quantitative estimate of drug-likeness (QED) is 0.209. The van der Waals surface area contributed by atoms with E-state index in [2.05, 4.69) is 36.4 Å². The third-order valence-corrected chi connectivity index (χ3v) is 6.28. The van der Waals surface area contributed by atoms with Gasteiger partial charge in [0.2, 0.25) is 0 Å². The first-order valence-electron chi connectivity index (χ1n) is 11.3. The second-order valence-electron chi connectivity index (χ2n) is 8.24. The van der Waals surface area contributed by atoms with E-state index >= 15 is 0 Å². The first kappa shape index (κ1) is 23.5. The monoisotopic (exact) mass is 456 g/mol. The van der Waals surface area contributed by atoms with E-state index in [4.69, 9.17) is 14.2 Å². The Balaban J connectivity index is 1.76. The molecule has 3 aromatic carbocycles. The molecule has 3 aromatic rings. The standard InChI is InChI=1S/C29H28O5/c1-32-27(30)26(28(31)33-2)21-18-19-25(20-21)34-29(22-12-6-3-7-13-22,23-14-8-4-9-15-23)24-16-10-5-11-17-24/h3-19,21,25-26H,20H2,1-2H3/t21-,25-/m0/s1. The number of ether oxygens (including phenoxy) is 3. The summed E-state index contributed by atoms with van der Waals surface area (Å²) in [5, 5.41) is 0. The van der Waals surface area contributed by atoms with Crippen molar-refractivity contribution >= 4 is 11.9 Å². The number of hydrogen-bond donors (Lipinski definition) is 0. The fourth-order valence-corrected chi connectivity index (χ4v) is 4.68. The molecule has 174 valence electrons. The van der Waals surface area contributed by atoms with Crippen molar-refractivity contribution in [2.24, 2.45) is 11.8 Å². The molecule has 0 aliphatic heterocycles. The lowest BCUT2D eigenvalue weighted by atomic mass is 9.79. The van der Waals surface area contributed by atoms with Gasteiger partial charge in [0, 0.05) is 5.92 Å². The zero-order chi connectivity index (χ0) is 24.0. The Morgan fingerprint density at radius 2 is 1.12 bits per heavy atom. The number of esters is 2. The summed E-state index contributed by atoms with van der Waals surface area (Å²) in [6, 6.07) is 30.3. The van der Waals surface area contributed by atoms with Gasteiger partial charge in [0.15, 0.2) is 5.92 Å². The summed E-state index contributed by atoms with van der Waals surface area (Å²) in [6.45, 7) is 0. The first-order chi connectivity index (χ1) is 16.6. The van der Waals surface area contributed by atoms with E-state index in [1.807, 2.05) is 66.7 Å². The van der Waals surface area contributed by atoms with Crippen molar-refractivity contribution in [3.05, 3.63) is 120 Å². The van der Waals surface area contributed by atoms with Crippen LogP contribution in [0.25, 0.3) is 0 Å². The maximum atomic E-state index is 12.4. The van der Waals surface area contributed by atoms with Gasteiger partial charge in [-0.15, -0.1) is 0 Å². The molecule has 0 spiro atoms. The highest BCUT2D eigenvalue weighted by molar-refractivity contribution is 5.95. The largest absolute Gasteiger partial charge is 0.468 e. The molecule has 0 fully saturated rings. The van der Waals surface area contributed by atoms with Crippen molar-refractivity contribution < 1.29 is 23.8 Å². The second kappa shape index (κ2) is 10.5. The van der Waals surface area contributed by atoms with Crippen LogP contribution in [0.2, 0.25) is 0 Å². The maximum absolute atomic E-state index is 12.4. The van der Waals surface area contributed by atoms with Crippen LogP contribution in [0.4, 0.5) is 0 Å². The molecule has 4 rings (SSSR count). The second-order valence-corrected chi connectivity index (χ2v) is 8.24. The van der Waals surface area contributed by atoms with Crippen LogP contribution in [0.3, 0.4) is 0 Å². The fraction of sp³-hybridized carbons (Fsp3) is 0.241. The van der Waals surface area contributed by atoms with Gasteiger partial charge in [-0.3, -0.25) is 9.59 Å². The van der Waals surface area contributed by atoms with E-state index in [9.17, 15) is 9.59 Å². The Labute approximate surface area is 200 Å². The summed E-state index contributed by atoms with van der Waals surface area (Å²) in [7, 11) is 2.55. The number of methoxy groups -OCH3 is 2. The average Bonchev–Trinajstić information content (AvgIpc) is 3.36. The van der Waals surface area contributed by atoms with E-state index in [0.29, 0.717) is 6.42 Å². The molecule has 0 bridgehead atoms. The van der Waals surface area contributed by atoms with E-state index in [1.165, 1.54) is 14.2 Å². The fourth-order valence-electron chi connectivity index (χ4n) is 4.68. The normalized spacial score (nSPS) is 17.5. The van der Waals surface area contributed by atoms with Gasteiger partial charge in [-0.05, 0) is 23.1 Å². The highest BCUT2D eigenvalue weighted by Gasteiger charge is 2.43. The van der Waals surface area contributed by atoms with Crippen molar-refractivity contribution in [3.63, 3.8) is 0 Å². The van der Waals surface area contributed by atoms with Crippen molar-refractivity contribution in [1.29, 1.82) is 0 Å². The molecule has 1 aliphatic carbocycles. The van der Waals surface area contributed by atoms with Gasteiger partial charge in [0.05, 0.1) is 20.3 Å².